The minimum Gasteiger partial charge on any atom is -0.465 e. The number of fused-ring (bicyclic) bond motifs is 1. The first-order chi connectivity index (χ1) is 7.63. The maximum atomic E-state index is 11.5. The molecule has 16 heavy (non-hydrogen) atoms. The van der Waals surface area contributed by atoms with Crippen molar-refractivity contribution in [2.75, 3.05) is 12.4 Å². The second kappa shape index (κ2) is 4.09. The molecule has 86 valence electrons. The van der Waals surface area contributed by atoms with Gasteiger partial charge in [0, 0.05) is 11.3 Å². The van der Waals surface area contributed by atoms with Crippen LogP contribution in [0, 0.1) is 0 Å². The third kappa shape index (κ3) is 1.73. The first kappa shape index (κ1) is 10.9. The number of nitrogens with one attached hydrogen (secondary N) is 2. The number of methoxy groups -OCH3 is 1. The molecule has 0 saturated heterocycles. The Labute approximate surface area is 91.8 Å². The summed E-state index contributed by atoms with van der Waals surface area (Å²) in [7, 11) is 1.27. The fourth-order valence-corrected chi connectivity index (χ4v) is 1.70. The van der Waals surface area contributed by atoms with E-state index < -0.39 is 18.5 Å². The molecule has 4 N–H and O–H groups in total. The molecule has 1 aromatic carbocycles. The van der Waals surface area contributed by atoms with E-state index in [4.69, 9.17) is 0 Å². The van der Waals surface area contributed by atoms with Crippen LogP contribution in [-0.2, 0) is 4.74 Å². The molecular formula is C10H12N2O4. The number of rotatable bonds is 1. The molecule has 1 heterocycles. The SMILES string of the molecule is COC(=O)c1cccc2c1C(O)NC(O)N2. The normalized spacial score (nSPS) is 23.2. The Hall–Kier alpha value is -1.63. The molecule has 2 unspecified atom stereocenters. The van der Waals surface area contributed by atoms with E-state index in [1.807, 2.05) is 0 Å². The smallest absolute Gasteiger partial charge is 0.338 e. The van der Waals surface area contributed by atoms with Crippen molar-refractivity contribution in [3.8, 4) is 0 Å². The Morgan fingerprint density at radius 2 is 2.19 bits per heavy atom. The number of carbonyl (C=O) groups is 1. The van der Waals surface area contributed by atoms with E-state index in [1.165, 1.54) is 7.11 Å². The minimum absolute atomic E-state index is 0.263. The molecule has 0 radical (unpaired) electrons. The van der Waals surface area contributed by atoms with Crippen molar-refractivity contribution in [3.63, 3.8) is 0 Å². The summed E-state index contributed by atoms with van der Waals surface area (Å²) in [6.07, 6.45) is -2.16. The summed E-state index contributed by atoms with van der Waals surface area (Å²) >= 11 is 0. The number of esters is 1. The van der Waals surface area contributed by atoms with E-state index in [1.54, 1.807) is 18.2 Å². The maximum absolute atomic E-state index is 11.5. The van der Waals surface area contributed by atoms with E-state index in [9.17, 15) is 15.0 Å². The second-order valence-electron chi connectivity index (χ2n) is 3.37. The highest BCUT2D eigenvalue weighted by atomic mass is 16.5. The lowest BCUT2D eigenvalue weighted by atomic mass is 10.0. The van der Waals surface area contributed by atoms with Crippen molar-refractivity contribution < 1.29 is 19.7 Å². The van der Waals surface area contributed by atoms with E-state index in [-0.39, 0.29) is 5.56 Å². The molecule has 0 saturated carbocycles. The molecule has 0 bridgehead atoms. The van der Waals surface area contributed by atoms with Crippen LogP contribution in [0.1, 0.15) is 22.1 Å². The molecule has 0 aliphatic carbocycles. The number of anilines is 1. The molecule has 6 nitrogen and oxygen atoms in total. The Bertz CT molecular complexity index is 421. The average Bonchev–Trinajstić information content (AvgIpc) is 2.26. The van der Waals surface area contributed by atoms with Crippen molar-refractivity contribution in [3.05, 3.63) is 29.3 Å². The number of hydrogen-bond acceptors (Lipinski definition) is 6. The first-order valence-corrected chi connectivity index (χ1v) is 4.73. The van der Waals surface area contributed by atoms with Crippen LogP contribution in [0.25, 0.3) is 0 Å². The Morgan fingerprint density at radius 3 is 2.88 bits per heavy atom. The largest absolute Gasteiger partial charge is 0.465 e. The molecule has 1 aliphatic heterocycles. The third-order valence-corrected chi connectivity index (χ3v) is 2.39. The third-order valence-electron chi connectivity index (χ3n) is 2.39. The molecule has 6 heteroatoms. The Balaban J connectivity index is 2.50. The summed E-state index contributed by atoms with van der Waals surface area (Å²) in [5.74, 6) is -0.532. The van der Waals surface area contributed by atoms with E-state index >= 15 is 0 Å². The number of carbonyl (C=O) groups excluding carboxylic acids is 1. The lowest BCUT2D eigenvalue weighted by molar-refractivity contribution is 0.0443. The van der Waals surface area contributed by atoms with Gasteiger partial charge in [-0.15, -0.1) is 0 Å². The summed E-state index contributed by atoms with van der Waals surface area (Å²) < 4.78 is 4.61. The van der Waals surface area contributed by atoms with Crippen LogP contribution >= 0.6 is 0 Å². The maximum Gasteiger partial charge on any atom is 0.338 e. The molecule has 1 aliphatic rings. The van der Waals surface area contributed by atoms with Crippen LogP contribution in [0.2, 0.25) is 0 Å². The van der Waals surface area contributed by atoms with Crippen LogP contribution < -0.4 is 10.6 Å². The predicted molar refractivity (Wildman–Crippen MR) is 55.5 cm³/mol. The minimum atomic E-state index is -1.11. The fourth-order valence-electron chi connectivity index (χ4n) is 1.70. The zero-order chi connectivity index (χ0) is 11.7. The van der Waals surface area contributed by atoms with Gasteiger partial charge < -0.3 is 20.3 Å². The zero-order valence-electron chi connectivity index (χ0n) is 8.60. The van der Waals surface area contributed by atoms with Gasteiger partial charge in [-0.2, -0.15) is 0 Å². The van der Waals surface area contributed by atoms with Gasteiger partial charge in [0.25, 0.3) is 0 Å². The number of ether oxygens (including phenoxy) is 1. The van der Waals surface area contributed by atoms with Gasteiger partial charge in [0.05, 0.1) is 12.7 Å². The highest BCUT2D eigenvalue weighted by Crippen LogP contribution is 2.29. The van der Waals surface area contributed by atoms with Crippen molar-refractivity contribution in [2.45, 2.75) is 12.6 Å². The van der Waals surface area contributed by atoms with Gasteiger partial charge in [-0.05, 0) is 12.1 Å². The highest BCUT2D eigenvalue weighted by Gasteiger charge is 2.27. The molecule has 0 spiro atoms. The first-order valence-electron chi connectivity index (χ1n) is 4.73. The molecule has 0 fully saturated rings. The average molecular weight is 224 g/mol. The molecule has 1 aromatic rings. The summed E-state index contributed by atoms with van der Waals surface area (Å²) in [5, 5.41) is 24.2. The van der Waals surface area contributed by atoms with Crippen molar-refractivity contribution in [1.29, 1.82) is 0 Å². The van der Waals surface area contributed by atoms with Crippen LogP contribution in [0.15, 0.2) is 18.2 Å². The Kier molecular flexibility index (Phi) is 2.78. The standard InChI is InChI=1S/C10H12N2O4/c1-16-9(14)5-3-2-4-6-7(5)8(13)12-10(15)11-6/h2-4,8,10-13,15H,1H3. The lowest BCUT2D eigenvalue weighted by Crippen LogP contribution is -2.43. The lowest BCUT2D eigenvalue weighted by Gasteiger charge is -2.29. The van der Waals surface area contributed by atoms with Gasteiger partial charge in [0.2, 0.25) is 0 Å². The van der Waals surface area contributed by atoms with Crippen molar-refractivity contribution in [1.82, 2.24) is 5.32 Å². The predicted octanol–water partition coefficient (Wildman–Crippen LogP) is -0.245. The molecular weight excluding hydrogens is 212 g/mol. The van der Waals surface area contributed by atoms with Gasteiger partial charge >= 0.3 is 5.97 Å². The van der Waals surface area contributed by atoms with E-state index in [2.05, 4.69) is 15.4 Å². The Morgan fingerprint density at radius 1 is 1.44 bits per heavy atom. The van der Waals surface area contributed by atoms with Gasteiger partial charge in [0.1, 0.15) is 6.23 Å². The molecule has 0 aromatic heterocycles. The number of aliphatic hydroxyl groups excluding tert-OH is 2. The van der Waals surface area contributed by atoms with Crippen LogP contribution in [-0.4, -0.2) is 29.6 Å². The summed E-state index contributed by atoms with van der Waals surface area (Å²) in [6, 6.07) is 4.85. The van der Waals surface area contributed by atoms with Gasteiger partial charge in [-0.25, -0.2) is 10.1 Å². The number of benzene rings is 1. The quantitative estimate of drug-likeness (QED) is 0.492. The van der Waals surface area contributed by atoms with Crippen LogP contribution in [0.3, 0.4) is 0 Å². The van der Waals surface area contributed by atoms with E-state index in [0.29, 0.717) is 11.3 Å². The molecule has 2 atom stereocenters. The van der Waals surface area contributed by atoms with Crippen molar-refractivity contribution in [2.24, 2.45) is 0 Å². The van der Waals surface area contributed by atoms with Crippen LogP contribution in [0.4, 0.5) is 5.69 Å². The summed E-state index contributed by atoms with van der Waals surface area (Å²) in [5.41, 5.74) is 1.14. The van der Waals surface area contributed by atoms with Crippen LogP contribution in [0.5, 0.6) is 0 Å². The van der Waals surface area contributed by atoms with Gasteiger partial charge in [-0.3, -0.25) is 0 Å². The monoisotopic (exact) mass is 224 g/mol. The number of hydrogen-bond donors (Lipinski definition) is 4. The fraction of sp³-hybridized carbons (Fsp3) is 0.300. The second-order valence-corrected chi connectivity index (χ2v) is 3.37. The zero-order valence-corrected chi connectivity index (χ0v) is 8.60. The topological polar surface area (TPSA) is 90.8 Å². The molecule has 0 amide bonds. The highest BCUT2D eigenvalue weighted by molar-refractivity contribution is 5.93. The summed E-state index contributed by atoms with van der Waals surface area (Å²) in [6.45, 7) is 0. The summed E-state index contributed by atoms with van der Waals surface area (Å²) in [4.78, 5) is 11.5. The van der Waals surface area contributed by atoms with Crippen molar-refractivity contribution >= 4 is 11.7 Å². The van der Waals surface area contributed by atoms with Gasteiger partial charge in [0.15, 0.2) is 6.35 Å². The van der Waals surface area contributed by atoms with E-state index in [0.717, 1.165) is 0 Å². The molecule has 2 rings (SSSR count). The number of aliphatic hydroxyl groups is 2. The van der Waals surface area contributed by atoms with Gasteiger partial charge in [-0.1, -0.05) is 6.07 Å².